The highest BCUT2D eigenvalue weighted by atomic mass is 16.6. The number of ether oxygens (including phenoxy) is 2. The Labute approximate surface area is 104 Å². The van der Waals surface area contributed by atoms with Crippen LogP contribution in [0.2, 0.25) is 0 Å². The highest BCUT2D eigenvalue weighted by molar-refractivity contribution is 5.87. The normalized spacial score (nSPS) is 20.1. The lowest BCUT2D eigenvalue weighted by Gasteiger charge is -2.36. The second-order valence-corrected chi connectivity index (χ2v) is 4.72. The lowest BCUT2D eigenvalue weighted by Crippen LogP contribution is -2.40. The third kappa shape index (κ3) is 4.15. The Morgan fingerprint density at radius 3 is 2.47 bits per heavy atom. The van der Waals surface area contributed by atoms with Crippen molar-refractivity contribution in [3.05, 3.63) is 11.6 Å². The summed E-state index contributed by atoms with van der Waals surface area (Å²) in [6.07, 6.45) is 7.37. The second-order valence-electron chi connectivity index (χ2n) is 4.72. The van der Waals surface area contributed by atoms with Gasteiger partial charge in [-0.2, -0.15) is 0 Å². The van der Waals surface area contributed by atoms with Crippen molar-refractivity contribution in [1.29, 1.82) is 0 Å². The number of carbonyl (C=O) groups excluding carboxylic acids is 1. The summed E-state index contributed by atoms with van der Waals surface area (Å²) < 4.78 is 11.2. The van der Waals surface area contributed by atoms with Crippen molar-refractivity contribution in [2.45, 2.75) is 58.5 Å². The molecule has 0 aliphatic heterocycles. The monoisotopic (exact) mass is 240 g/mol. The van der Waals surface area contributed by atoms with Gasteiger partial charge in [-0.3, -0.25) is 0 Å². The van der Waals surface area contributed by atoms with Crippen LogP contribution in [0.5, 0.6) is 0 Å². The number of carbonyl (C=O) groups is 1. The molecule has 1 rings (SSSR count). The maximum Gasteiger partial charge on any atom is 0.333 e. The Bertz CT molecular complexity index is 270. The summed E-state index contributed by atoms with van der Waals surface area (Å²) in [6.45, 7) is 6.69. The predicted molar refractivity (Wildman–Crippen MR) is 67.8 cm³/mol. The smallest absolute Gasteiger partial charge is 0.333 e. The molecule has 0 unspecified atom stereocenters. The lowest BCUT2D eigenvalue weighted by molar-refractivity contribution is -0.155. The molecule has 0 radical (unpaired) electrons. The molecule has 0 saturated heterocycles. The van der Waals surface area contributed by atoms with Crippen LogP contribution in [0.25, 0.3) is 0 Å². The third-order valence-electron chi connectivity index (χ3n) is 3.44. The van der Waals surface area contributed by atoms with Gasteiger partial charge >= 0.3 is 5.97 Å². The first kappa shape index (κ1) is 14.2. The van der Waals surface area contributed by atoms with Crippen molar-refractivity contribution >= 4 is 5.97 Å². The van der Waals surface area contributed by atoms with Gasteiger partial charge in [0.25, 0.3) is 0 Å². The summed E-state index contributed by atoms with van der Waals surface area (Å²) in [7, 11) is 0. The average molecular weight is 240 g/mol. The maximum absolute atomic E-state index is 11.6. The van der Waals surface area contributed by atoms with Gasteiger partial charge in [0, 0.05) is 12.2 Å². The van der Waals surface area contributed by atoms with Crippen LogP contribution in [0.1, 0.15) is 52.9 Å². The molecule has 0 heterocycles. The van der Waals surface area contributed by atoms with E-state index in [1.54, 1.807) is 13.0 Å². The van der Waals surface area contributed by atoms with Crippen molar-refractivity contribution in [3.8, 4) is 0 Å². The van der Waals surface area contributed by atoms with Crippen LogP contribution in [0.4, 0.5) is 0 Å². The first-order valence-corrected chi connectivity index (χ1v) is 6.57. The van der Waals surface area contributed by atoms with Crippen molar-refractivity contribution in [3.63, 3.8) is 0 Å². The van der Waals surface area contributed by atoms with Gasteiger partial charge in [0.15, 0.2) is 0 Å². The van der Waals surface area contributed by atoms with E-state index in [1.165, 1.54) is 19.3 Å². The zero-order valence-corrected chi connectivity index (χ0v) is 11.3. The zero-order chi connectivity index (χ0) is 12.7. The molecular formula is C14H24O3. The van der Waals surface area contributed by atoms with Gasteiger partial charge in [0.1, 0.15) is 12.2 Å². The van der Waals surface area contributed by atoms with Gasteiger partial charge < -0.3 is 9.47 Å². The van der Waals surface area contributed by atoms with E-state index in [0.29, 0.717) is 18.8 Å². The molecule has 0 amide bonds. The fourth-order valence-electron chi connectivity index (χ4n) is 2.26. The molecule has 0 spiro atoms. The third-order valence-corrected chi connectivity index (χ3v) is 3.44. The van der Waals surface area contributed by atoms with Crippen LogP contribution in [0.15, 0.2) is 11.6 Å². The topological polar surface area (TPSA) is 35.5 Å². The van der Waals surface area contributed by atoms with E-state index < -0.39 is 0 Å². The first-order chi connectivity index (χ1) is 8.13. The standard InChI is InChI=1S/C14H24O3/c1-4-12(3)13(15)16-11-14(17-5-2)9-7-6-8-10-14/h4H,5-11H2,1-3H3. The van der Waals surface area contributed by atoms with Gasteiger partial charge in [-0.1, -0.05) is 25.3 Å². The molecular weight excluding hydrogens is 216 g/mol. The van der Waals surface area contributed by atoms with E-state index in [-0.39, 0.29) is 11.6 Å². The quantitative estimate of drug-likeness (QED) is 0.546. The molecule has 1 aliphatic carbocycles. The van der Waals surface area contributed by atoms with Gasteiger partial charge in [-0.05, 0) is 33.6 Å². The van der Waals surface area contributed by atoms with Crippen molar-refractivity contribution in [2.75, 3.05) is 13.2 Å². The van der Waals surface area contributed by atoms with Gasteiger partial charge in [-0.15, -0.1) is 0 Å². The summed E-state index contributed by atoms with van der Waals surface area (Å²) in [5, 5.41) is 0. The highest BCUT2D eigenvalue weighted by Gasteiger charge is 2.34. The second kappa shape index (κ2) is 6.80. The summed E-state index contributed by atoms with van der Waals surface area (Å²) in [5.41, 5.74) is 0.434. The highest BCUT2D eigenvalue weighted by Crippen LogP contribution is 2.32. The van der Waals surface area contributed by atoms with Crippen LogP contribution < -0.4 is 0 Å². The molecule has 3 heteroatoms. The van der Waals surface area contributed by atoms with E-state index >= 15 is 0 Å². The minimum atomic E-state index is -0.226. The molecule has 1 fully saturated rings. The van der Waals surface area contributed by atoms with E-state index in [0.717, 1.165) is 12.8 Å². The van der Waals surface area contributed by atoms with Gasteiger partial charge in [0.2, 0.25) is 0 Å². The predicted octanol–water partition coefficient (Wildman–Crippen LogP) is 3.24. The number of rotatable bonds is 5. The zero-order valence-electron chi connectivity index (χ0n) is 11.3. The minimum Gasteiger partial charge on any atom is -0.459 e. The maximum atomic E-state index is 11.6. The molecule has 0 atom stereocenters. The average Bonchev–Trinajstić information content (AvgIpc) is 2.36. The number of hydrogen-bond acceptors (Lipinski definition) is 3. The summed E-state index contributed by atoms with van der Waals surface area (Å²) in [6, 6.07) is 0. The van der Waals surface area contributed by atoms with Gasteiger partial charge in [-0.25, -0.2) is 4.79 Å². The van der Waals surface area contributed by atoms with Crippen LogP contribution in [-0.4, -0.2) is 24.8 Å². The van der Waals surface area contributed by atoms with Crippen LogP contribution >= 0.6 is 0 Å². The van der Waals surface area contributed by atoms with E-state index in [9.17, 15) is 4.79 Å². The minimum absolute atomic E-state index is 0.225. The molecule has 0 aromatic heterocycles. The van der Waals surface area contributed by atoms with E-state index in [4.69, 9.17) is 9.47 Å². The van der Waals surface area contributed by atoms with Crippen molar-refractivity contribution < 1.29 is 14.3 Å². The molecule has 0 aromatic carbocycles. The SMILES string of the molecule is CC=C(C)C(=O)OCC1(OCC)CCCCC1. The first-order valence-electron chi connectivity index (χ1n) is 6.57. The molecule has 98 valence electrons. The fraction of sp³-hybridized carbons (Fsp3) is 0.786. The summed E-state index contributed by atoms with van der Waals surface area (Å²) >= 11 is 0. The Morgan fingerprint density at radius 1 is 1.29 bits per heavy atom. The largest absolute Gasteiger partial charge is 0.459 e. The Morgan fingerprint density at radius 2 is 1.94 bits per heavy atom. The van der Waals surface area contributed by atoms with E-state index in [2.05, 4.69) is 0 Å². The Balaban J connectivity index is 2.52. The number of allylic oxidation sites excluding steroid dienone is 1. The number of esters is 1. The van der Waals surface area contributed by atoms with Crippen LogP contribution in [-0.2, 0) is 14.3 Å². The lowest BCUT2D eigenvalue weighted by atomic mass is 9.85. The molecule has 0 aromatic rings. The molecule has 1 saturated carbocycles. The Hall–Kier alpha value is -0.830. The summed E-state index contributed by atoms with van der Waals surface area (Å²) in [4.78, 5) is 11.6. The van der Waals surface area contributed by atoms with E-state index in [1.807, 2.05) is 13.8 Å². The van der Waals surface area contributed by atoms with Crippen molar-refractivity contribution in [2.24, 2.45) is 0 Å². The summed E-state index contributed by atoms with van der Waals surface area (Å²) in [5.74, 6) is -0.225. The van der Waals surface area contributed by atoms with Crippen LogP contribution in [0.3, 0.4) is 0 Å². The van der Waals surface area contributed by atoms with Crippen molar-refractivity contribution in [1.82, 2.24) is 0 Å². The molecule has 0 N–H and O–H groups in total. The number of hydrogen-bond donors (Lipinski definition) is 0. The molecule has 17 heavy (non-hydrogen) atoms. The molecule has 1 aliphatic rings. The van der Waals surface area contributed by atoms with Crippen LogP contribution in [0, 0.1) is 0 Å². The molecule has 3 nitrogen and oxygen atoms in total. The Kier molecular flexibility index (Phi) is 5.69. The fourth-order valence-corrected chi connectivity index (χ4v) is 2.26. The molecule has 0 bridgehead atoms. The van der Waals surface area contributed by atoms with Gasteiger partial charge in [0.05, 0.1) is 0 Å².